The first-order valence-corrected chi connectivity index (χ1v) is 7.07. The average Bonchev–Trinajstić information content (AvgIpc) is 3.19. The van der Waals surface area contributed by atoms with E-state index in [2.05, 4.69) is 20.4 Å². The van der Waals surface area contributed by atoms with Crippen molar-refractivity contribution in [3.63, 3.8) is 0 Å². The maximum absolute atomic E-state index is 12.8. The summed E-state index contributed by atoms with van der Waals surface area (Å²) >= 11 is 0. The standard InChI is InChI=1S/C14H14F3N5O/c1-8-4-5-18-13(19-8)20-12(23)7-22-10(9-2-3-9)6-11(21-22)14(15,16)17/h4-6,9H,2-3,7H2,1H3,(H,18,19,20,23). The van der Waals surface area contributed by atoms with Gasteiger partial charge in [-0.25, -0.2) is 9.97 Å². The molecule has 0 aliphatic heterocycles. The summed E-state index contributed by atoms with van der Waals surface area (Å²) in [4.78, 5) is 19.9. The number of nitrogens with one attached hydrogen (secondary N) is 1. The third-order valence-electron chi connectivity index (χ3n) is 3.44. The summed E-state index contributed by atoms with van der Waals surface area (Å²) in [6, 6.07) is 2.69. The molecule has 1 aliphatic carbocycles. The highest BCUT2D eigenvalue weighted by molar-refractivity contribution is 5.88. The van der Waals surface area contributed by atoms with Gasteiger partial charge in [0, 0.05) is 23.5 Å². The van der Waals surface area contributed by atoms with E-state index in [0.29, 0.717) is 11.4 Å². The van der Waals surface area contributed by atoms with Gasteiger partial charge in [-0.2, -0.15) is 18.3 Å². The third-order valence-corrected chi connectivity index (χ3v) is 3.44. The van der Waals surface area contributed by atoms with E-state index in [-0.39, 0.29) is 18.4 Å². The number of carbonyl (C=O) groups excluding carboxylic acids is 1. The first-order valence-electron chi connectivity index (χ1n) is 7.07. The number of aromatic nitrogens is 4. The van der Waals surface area contributed by atoms with Crippen molar-refractivity contribution in [3.8, 4) is 0 Å². The van der Waals surface area contributed by atoms with Crippen molar-refractivity contribution in [3.05, 3.63) is 35.4 Å². The van der Waals surface area contributed by atoms with Gasteiger partial charge >= 0.3 is 6.18 Å². The van der Waals surface area contributed by atoms with Crippen LogP contribution in [0.2, 0.25) is 0 Å². The zero-order valence-electron chi connectivity index (χ0n) is 12.3. The topological polar surface area (TPSA) is 72.7 Å². The van der Waals surface area contributed by atoms with Crippen molar-refractivity contribution < 1.29 is 18.0 Å². The lowest BCUT2D eigenvalue weighted by Crippen LogP contribution is -2.22. The van der Waals surface area contributed by atoms with Gasteiger partial charge in [0.05, 0.1) is 0 Å². The summed E-state index contributed by atoms with van der Waals surface area (Å²) in [5.74, 6) is -0.359. The molecule has 1 amide bonds. The number of carbonyl (C=O) groups is 1. The van der Waals surface area contributed by atoms with Gasteiger partial charge in [-0.05, 0) is 31.9 Å². The quantitative estimate of drug-likeness (QED) is 0.937. The molecule has 122 valence electrons. The van der Waals surface area contributed by atoms with Crippen molar-refractivity contribution in [2.45, 2.75) is 38.4 Å². The first kappa shape index (κ1) is 15.4. The van der Waals surface area contributed by atoms with Crippen molar-refractivity contribution in [2.75, 3.05) is 5.32 Å². The molecule has 0 aromatic carbocycles. The molecule has 2 aromatic heterocycles. The molecular weight excluding hydrogens is 311 g/mol. The summed E-state index contributed by atoms with van der Waals surface area (Å²) in [7, 11) is 0. The van der Waals surface area contributed by atoms with E-state index >= 15 is 0 Å². The molecule has 1 fully saturated rings. The number of hydrogen-bond donors (Lipinski definition) is 1. The largest absolute Gasteiger partial charge is 0.435 e. The molecule has 2 heterocycles. The summed E-state index contributed by atoms with van der Waals surface area (Å²) in [6.07, 6.45) is -1.41. The lowest BCUT2D eigenvalue weighted by Gasteiger charge is -2.07. The number of anilines is 1. The summed E-state index contributed by atoms with van der Waals surface area (Å²) < 4.78 is 39.5. The Bertz CT molecular complexity index is 736. The molecule has 0 bridgehead atoms. The Morgan fingerprint density at radius 2 is 2.17 bits per heavy atom. The summed E-state index contributed by atoms with van der Waals surface area (Å²) in [5, 5.41) is 5.99. The van der Waals surface area contributed by atoms with Crippen LogP contribution in [0.3, 0.4) is 0 Å². The van der Waals surface area contributed by atoms with Crippen LogP contribution in [0.15, 0.2) is 18.3 Å². The second-order valence-electron chi connectivity index (χ2n) is 5.45. The number of nitrogens with zero attached hydrogens (tertiary/aromatic N) is 4. The Morgan fingerprint density at radius 3 is 2.78 bits per heavy atom. The van der Waals surface area contributed by atoms with Crippen LogP contribution in [0, 0.1) is 6.92 Å². The predicted molar refractivity (Wildman–Crippen MR) is 74.6 cm³/mol. The molecular formula is C14H14F3N5O. The molecule has 0 unspecified atom stereocenters. The van der Waals surface area contributed by atoms with Crippen molar-refractivity contribution in [2.24, 2.45) is 0 Å². The summed E-state index contributed by atoms with van der Waals surface area (Å²) in [6.45, 7) is 1.44. The fraction of sp³-hybridized carbons (Fsp3) is 0.429. The van der Waals surface area contributed by atoms with Crippen molar-refractivity contribution in [1.82, 2.24) is 19.7 Å². The molecule has 6 nitrogen and oxygen atoms in total. The fourth-order valence-corrected chi connectivity index (χ4v) is 2.21. The third kappa shape index (κ3) is 3.66. The van der Waals surface area contributed by atoms with E-state index in [1.54, 1.807) is 13.0 Å². The van der Waals surface area contributed by atoms with Crippen LogP contribution in [-0.4, -0.2) is 25.7 Å². The van der Waals surface area contributed by atoms with Crippen LogP contribution < -0.4 is 5.32 Å². The molecule has 0 radical (unpaired) electrons. The zero-order valence-corrected chi connectivity index (χ0v) is 12.3. The highest BCUT2D eigenvalue weighted by Gasteiger charge is 2.38. The van der Waals surface area contributed by atoms with Crippen LogP contribution >= 0.6 is 0 Å². The lowest BCUT2D eigenvalue weighted by molar-refractivity contribution is -0.141. The molecule has 1 N–H and O–H groups in total. The number of hydrogen-bond acceptors (Lipinski definition) is 4. The number of halogens is 3. The van der Waals surface area contributed by atoms with E-state index in [1.807, 2.05) is 0 Å². The van der Waals surface area contributed by atoms with Gasteiger partial charge in [0.2, 0.25) is 11.9 Å². The molecule has 23 heavy (non-hydrogen) atoms. The highest BCUT2D eigenvalue weighted by Crippen LogP contribution is 2.42. The van der Waals surface area contributed by atoms with Crippen LogP contribution in [-0.2, 0) is 17.5 Å². The van der Waals surface area contributed by atoms with E-state index < -0.39 is 17.8 Å². The van der Waals surface area contributed by atoms with Gasteiger partial charge in [0.15, 0.2) is 5.69 Å². The fourth-order valence-electron chi connectivity index (χ4n) is 2.21. The average molecular weight is 325 g/mol. The van der Waals surface area contributed by atoms with Crippen LogP contribution in [0.5, 0.6) is 0 Å². The highest BCUT2D eigenvalue weighted by atomic mass is 19.4. The Hall–Kier alpha value is -2.45. The molecule has 0 saturated heterocycles. The maximum Gasteiger partial charge on any atom is 0.435 e. The minimum Gasteiger partial charge on any atom is -0.293 e. The second-order valence-corrected chi connectivity index (χ2v) is 5.45. The Kier molecular flexibility index (Phi) is 3.78. The molecule has 1 aliphatic rings. The van der Waals surface area contributed by atoms with Gasteiger partial charge in [0.25, 0.3) is 0 Å². The molecule has 3 rings (SSSR count). The van der Waals surface area contributed by atoms with Crippen LogP contribution in [0.1, 0.15) is 35.8 Å². The minimum atomic E-state index is -4.52. The van der Waals surface area contributed by atoms with Crippen LogP contribution in [0.25, 0.3) is 0 Å². The van der Waals surface area contributed by atoms with Gasteiger partial charge in [-0.1, -0.05) is 0 Å². The first-order chi connectivity index (χ1) is 10.8. The van der Waals surface area contributed by atoms with Crippen LogP contribution in [0.4, 0.5) is 19.1 Å². The monoisotopic (exact) mass is 325 g/mol. The Labute approximate surface area is 129 Å². The molecule has 2 aromatic rings. The smallest absolute Gasteiger partial charge is 0.293 e. The Balaban J connectivity index is 1.76. The number of aryl methyl sites for hydroxylation is 1. The Morgan fingerprint density at radius 1 is 1.43 bits per heavy atom. The SMILES string of the molecule is Cc1ccnc(NC(=O)Cn2nc(C(F)(F)F)cc2C2CC2)n1. The number of alkyl halides is 3. The van der Waals surface area contributed by atoms with Gasteiger partial charge in [-0.15, -0.1) is 0 Å². The molecule has 1 saturated carbocycles. The minimum absolute atomic E-state index is 0.0432. The summed E-state index contributed by atoms with van der Waals surface area (Å²) in [5.41, 5.74) is 0.143. The van der Waals surface area contributed by atoms with E-state index in [4.69, 9.17) is 0 Å². The predicted octanol–water partition coefficient (Wildman–Crippen LogP) is 2.52. The van der Waals surface area contributed by atoms with E-state index in [9.17, 15) is 18.0 Å². The number of amides is 1. The van der Waals surface area contributed by atoms with Crippen molar-refractivity contribution >= 4 is 11.9 Å². The van der Waals surface area contributed by atoms with Gasteiger partial charge < -0.3 is 0 Å². The second kappa shape index (κ2) is 5.64. The molecule has 9 heteroatoms. The normalized spacial score (nSPS) is 14.8. The molecule has 0 spiro atoms. The zero-order chi connectivity index (χ0) is 16.6. The maximum atomic E-state index is 12.8. The van der Waals surface area contributed by atoms with Crippen molar-refractivity contribution in [1.29, 1.82) is 0 Å². The lowest BCUT2D eigenvalue weighted by atomic mass is 10.2. The number of rotatable bonds is 4. The van der Waals surface area contributed by atoms with Gasteiger partial charge in [-0.3, -0.25) is 14.8 Å². The van der Waals surface area contributed by atoms with E-state index in [1.165, 1.54) is 6.20 Å². The van der Waals surface area contributed by atoms with E-state index in [0.717, 1.165) is 23.6 Å². The van der Waals surface area contributed by atoms with Gasteiger partial charge in [0.1, 0.15) is 6.54 Å². The molecule has 0 atom stereocenters.